The van der Waals surface area contributed by atoms with E-state index in [2.05, 4.69) is 19.2 Å². The zero-order chi connectivity index (χ0) is 16.2. The van der Waals surface area contributed by atoms with Crippen LogP contribution < -0.4 is 11.1 Å². The number of nitrogen functional groups attached to an aromatic ring is 1. The molecular weight excluding hydrogens is 331 g/mol. The number of carbonyl (C=O) groups excluding carboxylic acids is 1. The highest BCUT2D eigenvalue weighted by Gasteiger charge is 2.20. The molecule has 0 spiro atoms. The van der Waals surface area contributed by atoms with E-state index in [1.165, 1.54) is 0 Å². The Morgan fingerprint density at radius 1 is 1.17 bits per heavy atom. The molecule has 23 heavy (non-hydrogen) atoms. The van der Waals surface area contributed by atoms with Crippen LogP contribution in [0.2, 0.25) is 5.02 Å². The SMILES string of the molecule is CC(C)(CNC(=O)c1cccc(N)c1)Cc1cccc(Cl)c1.Cl. The molecule has 0 aromatic heterocycles. The number of anilines is 1. The lowest BCUT2D eigenvalue weighted by Gasteiger charge is -2.25. The van der Waals surface area contributed by atoms with Gasteiger partial charge in [-0.3, -0.25) is 4.79 Å². The number of amides is 1. The van der Waals surface area contributed by atoms with Gasteiger partial charge in [0.15, 0.2) is 0 Å². The highest BCUT2D eigenvalue weighted by molar-refractivity contribution is 6.30. The Kier molecular flexibility index (Phi) is 6.92. The van der Waals surface area contributed by atoms with Crippen LogP contribution in [0.4, 0.5) is 5.69 Å². The van der Waals surface area contributed by atoms with E-state index < -0.39 is 0 Å². The van der Waals surface area contributed by atoms with Gasteiger partial charge in [0, 0.05) is 22.8 Å². The zero-order valence-corrected chi connectivity index (χ0v) is 14.9. The Morgan fingerprint density at radius 2 is 1.87 bits per heavy atom. The Morgan fingerprint density at radius 3 is 2.52 bits per heavy atom. The fourth-order valence-corrected chi connectivity index (χ4v) is 2.58. The predicted octanol–water partition coefficient (Wildman–Crippen LogP) is 4.34. The molecule has 0 aliphatic carbocycles. The van der Waals surface area contributed by atoms with Crippen LogP contribution in [0, 0.1) is 5.41 Å². The molecule has 0 heterocycles. The van der Waals surface area contributed by atoms with Crippen molar-refractivity contribution in [3.8, 4) is 0 Å². The first kappa shape index (κ1) is 19.3. The zero-order valence-electron chi connectivity index (χ0n) is 13.3. The lowest BCUT2D eigenvalue weighted by molar-refractivity contribution is 0.0936. The van der Waals surface area contributed by atoms with Crippen LogP contribution in [-0.4, -0.2) is 12.5 Å². The fraction of sp³-hybridized carbons (Fsp3) is 0.278. The Labute approximate surface area is 148 Å². The number of benzene rings is 2. The number of nitrogens with one attached hydrogen (secondary N) is 1. The van der Waals surface area contributed by atoms with Crippen molar-refractivity contribution in [2.24, 2.45) is 5.41 Å². The summed E-state index contributed by atoms with van der Waals surface area (Å²) in [5.41, 5.74) is 7.97. The molecule has 0 atom stereocenters. The maximum Gasteiger partial charge on any atom is 0.251 e. The van der Waals surface area contributed by atoms with Crippen LogP contribution in [0.25, 0.3) is 0 Å². The third kappa shape index (κ3) is 6.12. The molecular formula is C18H22Cl2N2O. The van der Waals surface area contributed by atoms with Crippen molar-refractivity contribution in [1.82, 2.24) is 5.32 Å². The Balaban J connectivity index is 0.00000264. The maximum absolute atomic E-state index is 12.2. The second kappa shape index (κ2) is 8.23. The normalized spacial score (nSPS) is 10.7. The smallest absolute Gasteiger partial charge is 0.251 e. The van der Waals surface area contributed by atoms with Crippen molar-refractivity contribution in [1.29, 1.82) is 0 Å². The quantitative estimate of drug-likeness (QED) is 0.786. The van der Waals surface area contributed by atoms with Gasteiger partial charge in [0.05, 0.1) is 0 Å². The molecule has 0 saturated carbocycles. The van der Waals surface area contributed by atoms with Crippen molar-refractivity contribution in [3.05, 3.63) is 64.7 Å². The van der Waals surface area contributed by atoms with Crippen LogP contribution in [-0.2, 0) is 6.42 Å². The predicted molar refractivity (Wildman–Crippen MR) is 99.4 cm³/mol. The molecule has 0 bridgehead atoms. The van der Waals surface area contributed by atoms with Crippen molar-refractivity contribution in [2.75, 3.05) is 12.3 Å². The van der Waals surface area contributed by atoms with Gasteiger partial charge in [-0.15, -0.1) is 12.4 Å². The van der Waals surface area contributed by atoms with Crippen molar-refractivity contribution in [2.45, 2.75) is 20.3 Å². The Hall–Kier alpha value is -1.71. The first-order chi connectivity index (χ1) is 10.4. The van der Waals surface area contributed by atoms with Gasteiger partial charge in [0.2, 0.25) is 0 Å². The molecule has 2 aromatic rings. The summed E-state index contributed by atoms with van der Waals surface area (Å²) >= 11 is 6.01. The number of halogens is 2. The summed E-state index contributed by atoms with van der Waals surface area (Å²) in [6, 6.07) is 14.8. The highest BCUT2D eigenvalue weighted by atomic mass is 35.5. The Bertz CT molecular complexity index is 672. The lowest BCUT2D eigenvalue weighted by atomic mass is 9.85. The molecule has 124 valence electrons. The van der Waals surface area contributed by atoms with Gasteiger partial charge in [-0.25, -0.2) is 0 Å². The van der Waals surface area contributed by atoms with Crippen LogP contribution in [0.3, 0.4) is 0 Å². The minimum absolute atomic E-state index is 0. The number of hydrogen-bond acceptors (Lipinski definition) is 2. The summed E-state index contributed by atoms with van der Waals surface area (Å²) in [7, 11) is 0. The molecule has 3 nitrogen and oxygen atoms in total. The molecule has 3 N–H and O–H groups in total. The van der Waals surface area contributed by atoms with Crippen molar-refractivity contribution in [3.63, 3.8) is 0 Å². The summed E-state index contributed by atoms with van der Waals surface area (Å²) in [6.07, 6.45) is 0.838. The molecule has 0 unspecified atom stereocenters. The molecule has 2 rings (SSSR count). The number of nitrogens with two attached hydrogens (primary N) is 1. The highest BCUT2D eigenvalue weighted by Crippen LogP contribution is 2.23. The number of carbonyl (C=O) groups is 1. The van der Waals surface area contributed by atoms with E-state index in [0.717, 1.165) is 17.0 Å². The van der Waals surface area contributed by atoms with Gasteiger partial charge in [0.25, 0.3) is 5.91 Å². The van der Waals surface area contributed by atoms with E-state index >= 15 is 0 Å². The minimum atomic E-state index is -0.105. The fourth-order valence-electron chi connectivity index (χ4n) is 2.36. The second-order valence-electron chi connectivity index (χ2n) is 6.28. The van der Waals surface area contributed by atoms with E-state index in [9.17, 15) is 4.79 Å². The number of hydrogen-bond donors (Lipinski definition) is 2. The summed E-state index contributed by atoms with van der Waals surface area (Å²) in [5, 5.41) is 3.71. The summed E-state index contributed by atoms with van der Waals surface area (Å²) in [6.45, 7) is 4.81. The molecule has 2 aromatic carbocycles. The van der Waals surface area contributed by atoms with Gasteiger partial charge >= 0.3 is 0 Å². The van der Waals surface area contributed by atoms with Crippen LogP contribution >= 0.6 is 24.0 Å². The van der Waals surface area contributed by atoms with E-state index in [1.54, 1.807) is 24.3 Å². The molecule has 0 radical (unpaired) electrons. The second-order valence-corrected chi connectivity index (χ2v) is 6.72. The van der Waals surface area contributed by atoms with Gasteiger partial charge in [-0.05, 0) is 47.7 Å². The van der Waals surface area contributed by atoms with Gasteiger partial charge in [-0.2, -0.15) is 0 Å². The van der Waals surface area contributed by atoms with Crippen LogP contribution in [0.15, 0.2) is 48.5 Å². The van der Waals surface area contributed by atoms with E-state index in [4.69, 9.17) is 17.3 Å². The van der Waals surface area contributed by atoms with Gasteiger partial charge < -0.3 is 11.1 Å². The first-order valence-corrected chi connectivity index (χ1v) is 7.62. The standard InChI is InChI=1S/C18H21ClN2O.ClH/c1-18(2,11-13-5-3-7-15(19)9-13)12-21-17(22)14-6-4-8-16(20)10-14;/h3-10H,11-12,20H2,1-2H3,(H,21,22);1H. The molecule has 0 saturated heterocycles. The van der Waals surface area contributed by atoms with Gasteiger partial charge in [0.1, 0.15) is 0 Å². The molecule has 1 amide bonds. The molecule has 0 aliphatic rings. The van der Waals surface area contributed by atoms with Gasteiger partial charge in [-0.1, -0.05) is 43.6 Å². The van der Waals surface area contributed by atoms with Crippen molar-refractivity contribution < 1.29 is 4.79 Å². The topological polar surface area (TPSA) is 55.1 Å². The summed E-state index contributed by atoms with van der Waals surface area (Å²) in [5.74, 6) is -0.105. The largest absolute Gasteiger partial charge is 0.399 e. The third-order valence-corrected chi connectivity index (χ3v) is 3.68. The van der Waals surface area contributed by atoms with E-state index in [-0.39, 0.29) is 23.7 Å². The monoisotopic (exact) mass is 352 g/mol. The van der Waals surface area contributed by atoms with E-state index in [1.807, 2.05) is 24.3 Å². The summed E-state index contributed by atoms with van der Waals surface area (Å²) in [4.78, 5) is 12.2. The molecule has 0 aliphatic heterocycles. The maximum atomic E-state index is 12.2. The summed E-state index contributed by atoms with van der Waals surface area (Å²) < 4.78 is 0. The van der Waals surface area contributed by atoms with Crippen LogP contribution in [0.1, 0.15) is 29.8 Å². The van der Waals surface area contributed by atoms with E-state index in [0.29, 0.717) is 17.8 Å². The average molecular weight is 353 g/mol. The lowest BCUT2D eigenvalue weighted by Crippen LogP contribution is -2.35. The third-order valence-electron chi connectivity index (χ3n) is 3.45. The molecule has 0 fully saturated rings. The van der Waals surface area contributed by atoms with Crippen molar-refractivity contribution >= 4 is 35.6 Å². The number of rotatable bonds is 5. The average Bonchev–Trinajstić information content (AvgIpc) is 2.44. The minimum Gasteiger partial charge on any atom is -0.399 e. The first-order valence-electron chi connectivity index (χ1n) is 7.24. The molecule has 5 heteroatoms. The van der Waals surface area contributed by atoms with Crippen LogP contribution in [0.5, 0.6) is 0 Å².